The topological polar surface area (TPSA) is 116 Å². The molecule has 4 N–H and O–H groups in total. The van der Waals surface area contributed by atoms with E-state index in [4.69, 9.17) is 14.2 Å². The van der Waals surface area contributed by atoms with Gasteiger partial charge in [0.05, 0.1) is 12.7 Å². The van der Waals surface area contributed by atoms with Crippen molar-refractivity contribution in [3.8, 4) is 0 Å². The molecule has 6 atom stereocenters. The van der Waals surface area contributed by atoms with Gasteiger partial charge in [-0.05, 0) is 5.41 Å². The fourth-order valence-electron chi connectivity index (χ4n) is 2.02. The van der Waals surface area contributed by atoms with E-state index in [1.807, 2.05) is 20.8 Å². The maximum atomic E-state index is 11.1. The van der Waals surface area contributed by atoms with Crippen LogP contribution in [0.25, 0.3) is 0 Å². The monoisotopic (exact) mass is 298 g/mol. The van der Waals surface area contributed by atoms with Gasteiger partial charge in [-0.15, -0.1) is 0 Å². The summed E-state index contributed by atoms with van der Waals surface area (Å²) in [4.78, 5) is 9.06. The van der Waals surface area contributed by atoms with E-state index in [-0.39, 0.29) is 6.61 Å². The lowest BCUT2D eigenvalue weighted by molar-refractivity contribution is -0.249. The van der Waals surface area contributed by atoms with Crippen LogP contribution in [0, 0.1) is 5.41 Å². The standard InChI is InChI=1S/C11H23O7P/c1-11(2,3)10-9(14)8(13)7(12)6(18-10)5-17-19(4,15)16/h6-10,12-14H,5H2,1-4H3,(H,15,16)/t6-,7-,8+,9-,10-/m1/s1. The molecule has 0 aromatic rings. The van der Waals surface area contributed by atoms with Crippen molar-refractivity contribution in [3.05, 3.63) is 0 Å². The SMILES string of the molecule is CC(C)(C)[C@@H]1O[C@H](COP(C)(=O)O)[C@@H](O)[C@H](O)[C@H]1O. The zero-order valence-corrected chi connectivity index (χ0v) is 12.4. The Morgan fingerprint density at radius 3 is 2.11 bits per heavy atom. The smallest absolute Gasteiger partial charge is 0.325 e. The summed E-state index contributed by atoms with van der Waals surface area (Å²) >= 11 is 0. The van der Waals surface area contributed by atoms with Gasteiger partial charge in [-0.1, -0.05) is 20.8 Å². The number of hydrogen-bond donors (Lipinski definition) is 4. The average molecular weight is 298 g/mol. The molecule has 19 heavy (non-hydrogen) atoms. The van der Waals surface area contributed by atoms with E-state index in [1.165, 1.54) is 0 Å². The first-order valence-electron chi connectivity index (χ1n) is 6.08. The Hall–Kier alpha value is -0.0100. The molecule has 0 spiro atoms. The van der Waals surface area contributed by atoms with Crippen LogP contribution < -0.4 is 0 Å². The normalized spacial score (nSPS) is 39.9. The Kier molecular flexibility index (Phi) is 5.18. The molecular formula is C11H23O7P. The average Bonchev–Trinajstić information content (AvgIpc) is 2.22. The van der Waals surface area contributed by atoms with Crippen LogP contribution in [0.15, 0.2) is 0 Å². The molecular weight excluding hydrogens is 275 g/mol. The lowest BCUT2D eigenvalue weighted by Gasteiger charge is -2.45. The van der Waals surface area contributed by atoms with Crippen molar-refractivity contribution in [2.45, 2.75) is 51.3 Å². The second-order valence-electron chi connectivity index (χ2n) is 6.03. The lowest BCUT2D eigenvalue weighted by atomic mass is 9.80. The van der Waals surface area contributed by atoms with Crippen molar-refractivity contribution < 1.29 is 34.0 Å². The van der Waals surface area contributed by atoms with E-state index < -0.39 is 43.5 Å². The summed E-state index contributed by atoms with van der Waals surface area (Å²) in [6.07, 6.45) is -5.67. The first kappa shape index (κ1) is 17.0. The zero-order chi connectivity index (χ0) is 15.0. The molecule has 1 fully saturated rings. The third kappa shape index (κ3) is 4.49. The van der Waals surface area contributed by atoms with Crippen LogP contribution in [-0.4, -0.2) is 64.0 Å². The van der Waals surface area contributed by atoms with Crippen molar-refractivity contribution in [1.82, 2.24) is 0 Å². The Balaban J connectivity index is 2.79. The zero-order valence-electron chi connectivity index (χ0n) is 11.6. The Labute approximate surface area is 112 Å². The van der Waals surface area contributed by atoms with E-state index in [0.717, 1.165) is 6.66 Å². The summed E-state index contributed by atoms with van der Waals surface area (Å²) in [6.45, 7) is 6.15. The molecule has 8 heteroatoms. The molecule has 1 saturated heterocycles. The Morgan fingerprint density at radius 1 is 1.16 bits per heavy atom. The van der Waals surface area contributed by atoms with Gasteiger partial charge in [-0.25, -0.2) is 0 Å². The summed E-state index contributed by atoms with van der Waals surface area (Å²) < 4.78 is 21.3. The molecule has 1 heterocycles. The minimum absolute atomic E-state index is 0.332. The van der Waals surface area contributed by atoms with Crippen molar-refractivity contribution in [2.24, 2.45) is 5.41 Å². The molecule has 1 unspecified atom stereocenters. The fraction of sp³-hybridized carbons (Fsp3) is 1.00. The highest BCUT2D eigenvalue weighted by Crippen LogP contribution is 2.39. The number of aliphatic hydroxyl groups is 3. The number of aliphatic hydroxyl groups excluding tert-OH is 3. The van der Waals surface area contributed by atoms with Crippen LogP contribution in [-0.2, 0) is 13.8 Å². The first-order chi connectivity index (χ1) is 8.43. The van der Waals surface area contributed by atoms with Crippen molar-refractivity contribution >= 4 is 7.60 Å². The minimum Gasteiger partial charge on any atom is -0.388 e. The third-order valence-electron chi connectivity index (χ3n) is 3.04. The van der Waals surface area contributed by atoms with E-state index in [0.29, 0.717) is 0 Å². The summed E-state index contributed by atoms with van der Waals surface area (Å²) in [5, 5.41) is 29.5. The molecule has 1 aliphatic rings. The predicted octanol–water partition coefficient (Wildman–Crippen LogP) is -0.286. The predicted molar refractivity (Wildman–Crippen MR) is 67.8 cm³/mol. The Morgan fingerprint density at radius 2 is 1.68 bits per heavy atom. The molecule has 0 aromatic carbocycles. The van der Waals surface area contributed by atoms with Gasteiger partial charge >= 0.3 is 7.60 Å². The largest absolute Gasteiger partial charge is 0.388 e. The number of ether oxygens (including phenoxy) is 1. The van der Waals surface area contributed by atoms with E-state index in [9.17, 15) is 19.9 Å². The molecule has 0 saturated carbocycles. The second kappa shape index (κ2) is 5.77. The van der Waals surface area contributed by atoms with E-state index in [2.05, 4.69) is 0 Å². The molecule has 0 aliphatic carbocycles. The van der Waals surface area contributed by atoms with Gasteiger partial charge in [0.1, 0.15) is 24.4 Å². The minimum atomic E-state index is -3.69. The van der Waals surface area contributed by atoms with Crippen LogP contribution >= 0.6 is 7.60 Å². The van der Waals surface area contributed by atoms with Gasteiger partial charge in [0.25, 0.3) is 0 Å². The second-order valence-corrected chi connectivity index (χ2v) is 7.90. The molecule has 7 nitrogen and oxygen atoms in total. The molecule has 1 rings (SSSR count). The highest BCUT2D eigenvalue weighted by atomic mass is 31.2. The van der Waals surface area contributed by atoms with E-state index >= 15 is 0 Å². The molecule has 114 valence electrons. The van der Waals surface area contributed by atoms with E-state index in [1.54, 1.807) is 0 Å². The van der Waals surface area contributed by atoms with Gasteiger partial charge in [0, 0.05) is 6.66 Å². The summed E-state index contributed by atoms with van der Waals surface area (Å²) in [7, 11) is -3.69. The maximum Gasteiger partial charge on any atom is 0.325 e. The summed E-state index contributed by atoms with van der Waals surface area (Å²) in [6, 6.07) is 0. The molecule has 0 radical (unpaired) electrons. The van der Waals surface area contributed by atoms with Crippen LogP contribution in [0.2, 0.25) is 0 Å². The van der Waals surface area contributed by atoms with Gasteiger partial charge < -0.3 is 29.5 Å². The van der Waals surface area contributed by atoms with Crippen LogP contribution in [0.5, 0.6) is 0 Å². The highest BCUT2D eigenvalue weighted by Gasteiger charge is 2.48. The Bertz CT molecular complexity index is 347. The van der Waals surface area contributed by atoms with Gasteiger partial charge in [0.15, 0.2) is 0 Å². The van der Waals surface area contributed by atoms with Gasteiger partial charge in [-0.2, -0.15) is 0 Å². The van der Waals surface area contributed by atoms with Crippen LogP contribution in [0.4, 0.5) is 0 Å². The molecule has 0 amide bonds. The summed E-state index contributed by atoms with van der Waals surface area (Å²) in [5.41, 5.74) is -0.464. The fourth-order valence-corrected chi connectivity index (χ4v) is 2.44. The number of rotatable bonds is 3. The van der Waals surface area contributed by atoms with Crippen LogP contribution in [0.3, 0.4) is 0 Å². The van der Waals surface area contributed by atoms with Crippen molar-refractivity contribution in [2.75, 3.05) is 13.3 Å². The molecule has 0 bridgehead atoms. The third-order valence-corrected chi connectivity index (χ3v) is 3.67. The quantitative estimate of drug-likeness (QED) is 0.529. The highest BCUT2D eigenvalue weighted by molar-refractivity contribution is 7.51. The maximum absolute atomic E-state index is 11.1. The summed E-state index contributed by atoms with van der Waals surface area (Å²) in [5.74, 6) is 0. The molecule has 1 aliphatic heterocycles. The van der Waals surface area contributed by atoms with Crippen LogP contribution in [0.1, 0.15) is 20.8 Å². The number of hydrogen-bond acceptors (Lipinski definition) is 6. The van der Waals surface area contributed by atoms with Crippen molar-refractivity contribution in [1.29, 1.82) is 0 Å². The van der Waals surface area contributed by atoms with Gasteiger partial charge in [0.2, 0.25) is 0 Å². The van der Waals surface area contributed by atoms with Crippen molar-refractivity contribution in [3.63, 3.8) is 0 Å². The van der Waals surface area contributed by atoms with Gasteiger partial charge in [-0.3, -0.25) is 4.57 Å². The molecule has 0 aromatic heterocycles. The first-order valence-corrected chi connectivity index (χ1v) is 8.10. The lowest BCUT2D eigenvalue weighted by Crippen LogP contribution is -2.61.